The van der Waals surface area contributed by atoms with E-state index in [1.54, 1.807) is 45.7 Å². The van der Waals surface area contributed by atoms with Crippen molar-refractivity contribution in [2.24, 2.45) is 5.73 Å². The SMILES string of the molecule is N[C@@H](CSSc1ccccn1)C(=O)NC1CCCCC1.O=C(N[C@@H](CSC(c1ccccc1)(c1ccccc1)c1ccccc1)C(=O)NC1CCCCC1)OCC1c2ccccc2-c2ccccc21.O=C(N[C@@H](CSSc1ccccn1)C(=O)NC1CCCCC1)OCC1c2ccccc2-c2ccccc21. The zero-order valence-corrected chi connectivity index (χ0v) is 63.7. The van der Waals surface area contributed by atoms with Crippen LogP contribution in [0.2, 0.25) is 0 Å². The summed E-state index contributed by atoms with van der Waals surface area (Å²) in [6, 6.07) is 74.5. The molecule has 2 aromatic heterocycles. The summed E-state index contributed by atoms with van der Waals surface area (Å²) in [5.41, 5.74) is 18.6. The molecule has 0 aliphatic heterocycles. The van der Waals surface area contributed by atoms with Crippen LogP contribution in [0.15, 0.2) is 247 Å². The van der Waals surface area contributed by atoms with Gasteiger partial charge in [0.2, 0.25) is 17.7 Å². The molecule has 7 aromatic carbocycles. The average Bonchev–Trinajstić information content (AvgIpc) is 1.50. The maximum atomic E-state index is 14.1. The van der Waals surface area contributed by atoms with E-state index in [0.717, 1.165) is 113 Å². The summed E-state index contributed by atoms with van der Waals surface area (Å²) in [7, 11) is 6.12. The maximum absolute atomic E-state index is 14.1. The second-order valence-corrected chi connectivity index (χ2v) is 33.3. The number of hydrogen-bond acceptors (Lipinski definition) is 15. The lowest BCUT2D eigenvalue weighted by atomic mass is 9.84. The molecule has 2 heterocycles. The van der Waals surface area contributed by atoms with E-state index in [2.05, 4.69) is 158 Å². The molecule has 0 bridgehead atoms. The highest BCUT2D eigenvalue weighted by Gasteiger charge is 2.40. The lowest BCUT2D eigenvalue weighted by molar-refractivity contribution is -0.124. The van der Waals surface area contributed by atoms with E-state index in [1.165, 1.54) is 75.9 Å². The number of nitrogens with zero attached hydrogens (tertiary/aromatic N) is 2. The Hall–Kier alpha value is -8.50. The molecule has 5 aliphatic rings. The molecule has 20 heteroatoms. The van der Waals surface area contributed by atoms with Gasteiger partial charge in [-0.15, -0.1) is 11.8 Å². The average molecular weight is 1510 g/mol. The topological polar surface area (TPSA) is 216 Å². The van der Waals surface area contributed by atoms with Gasteiger partial charge >= 0.3 is 12.2 Å². The van der Waals surface area contributed by atoms with E-state index in [0.29, 0.717) is 23.3 Å². The molecule has 3 fully saturated rings. The molecule has 0 saturated heterocycles. The molecule has 7 N–H and O–H groups in total. The molecule has 3 saturated carbocycles. The van der Waals surface area contributed by atoms with E-state index in [9.17, 15) is 24.0 Å². The first-order valence-corrected chi connectivity index (χ1v) is 42.8. The van der Waals surface area contributed by atoms with Gasteiger partial charge in [0.25, 0.3) is 0 Å². The number of nitrogens with one attached hydrogen (secondary N) is 5. The third-order valence-corrected chi connectivity index (χ3v) is 26.4. The molecule has 106 heavy (non-hydrogen) atoms. The van der Waals surface area contributed by atoms with E-state index >= 15 is 0 Å². The predicted molar refractivity (Wildman–Crippen MR) is 434 cm³/mol. The van der Waals surface area contributed by atoms with E-state index in [1.807, 2.05) is 103 Å². The van der Waals surface area contributed by atoms with Crippen LogP contribution < -0.4 is 32.3 Å². The molecular formula is C86H94N8O7S5. The van der Waals surface area contributed by atoms with E-state index in [4.69, 9.17) is 15.2 Å². The molecule has 3 atom stereocenters. The highest BCUT2D eigenvalue weighted by molar-refractivity contribution is 8.77. The van der Waals surface area contributed by atoms with Crippen molar-refractivity contribution >= 4 is 84.8 Å². The fraction of sp³-hybridized carbons (Fsp3) is 0.337. The minimum absolute atomic E-state index is 0.0222. The van der Waals surface area contributed by atoms with E-state index < -0.39 is 35.1 Å². The number of hydrogen-bond donors (Lipinski definition) is 6. The molecule has 0 radical (unpaired) electrons. The quantitative estimate of drug-likeness (QED) is 0.0220. The normalized spacial score (nSPS) is 15.9. The van der Waals surface area contributed by atoms with Gasteiger partial charge in [0.15, 0.2) is 0 Å². The zero-order chi connectivity index (χ0) is 73.1. The Bertz CT molecular complexity index is 4080. The van der Waals surface area contributed by atoms with Crippen molar-refractivity contribution in [1.82, 2.24) is 36.6 Å². The minimum Gasteiger partial charge on any atom is -0.449 e. The first-order valence-electron chi connectivity index (χ1n) is 37.2. The molecule has 550 valence electrons. The van der Waals surface area contributed by atoms with Gasteiger partial charge in [-0.25, -0.2) is 19.6 Å². The minimum atomic E-state index is -0.807. The summed E-state index contributed by atoms with van der Waals surface area (Å²) in [6.07, 6.45) is 19.0. The number of ether oxygens (including phenoxy) is 2. The smallest absolute Gasteiger partial charge is 0.407 e. The zero-order valence-electron chi connectivity index (χ0n) is 59.6. The van der Waals surface area contributed by atoms with Crippen LogP contribution in [-0.2, 0) is 28.6 Å². The highest BCUT2D eigenvalue weighted by atomic mass is 33.1. The van der Waals surface area contributed by atoms with Crippen LogP contribution in [0.5, 0.6) is 0 Å². The number of benzene rings is 7. The van der Waals surface area contributed by atoms with Crippen LogP contribution in [0.1, 0.15) is 147 Å². The molecule has 9 aromatic rings. The Labute approximate surface area is 643 Å². The van der Waals surface area contributed by atoms with Crippen LogP contribution in [0.3, 0.4) is 0 Å². The summed E-state index contributed by atoms with van der Waals surface area (Å²) < 4.78 is 11.0. The second kappa shape index (κ2) is 39.9. The monoisotopic (exact) mass is 1510 g/mol. The lowest BCUT2D eigenvalue weighted by Crippen LogP contribution is -2.52. The van der Waals surface area contributed by atoms with Crippen molar-refractivity contribution in [2.45, 2.75) is 159 Å². The number of rotatable bonds is 26. The number of thioether (sulfide) groups is 1. The van der Waals surface area contributed by atoms with Gasteiger partial charge in [-0.3, -0.25) is 14.4 Å². The van der Waals surface area contributed by atoms with Crippen molar-refractivity contribution in [2.75, 3.05) is 30.5 Å². The fourth-order valence-corrected chi connectivity index (χ4v) is 20.4. The van der Waals surface area contributed by atoms with Crippen molar-refractivity contribution in [1.29, 1.82) is 0 Å². The number of fused-ring (bicyclic) bond motifs is 6. The fourth-order valence-electron chi connectivity index (χ4n) is 14.8. The summed E-state index contributed by atoms with van der Waals surface area (Å²) in [5, 5.41) is 17.1. The molecular weight excluding hydrogens is 1420 g/mol. The highest BCUT2D eigenvalue weighted by Crippen LogP contribution is 2.50. The Kier molecular flexibility index (Phi) is 29.0. The van der Waals surface area contributed by atoms with Crippen molar-refractivity contribution in [3.05, 3.63) is 276 Å². The number of alkyl carbamates (subject to hydrolysis) is 2. The first kappa shape index (κ1) is 77.1. The number of carbonyl (C=O) groups excluding carboxylic acids is 5. The number of carbonyl (C=O) groups is 5. The van der Waals surface area contributed by atoms with Crippen molar-refractivity contribution < 1.29 is 33.4 Å². The third kappa shape index (κ3) is 21.0. The van der Waals surface area contributed by atoms with Crippen LogP contribution >= 0.6 is 54.9 Å². The van der Waals surface area contributed by atoms with Gasteiger partial charge in [0, 0.05) is 59.6 Å². The van der Waals surface area contributed by atoms with Gasteiger partial charge in [0.05, 0.1) is 10.8 Å². The van der Waals surface area contributed by atoms with Gasteiger partial charge in [-0.05, 0) is 146 Å². The summed E-state index contributed by atoms with van der Waals surface area (Å²) in [5.74, 6) is 0.896. The molecule has 5 amide bonds. The van der Waals surface area contributed by atoms with Gasteiger partial charge < -0.3 is 41.8 Å². The van der Waals surface area contributed by atoms with E-state index in [-0.39, 0.29) is 54.9 Å². The van der Waals surface area contributed by atoms with Crippen LogP contribution in [-0.4, -0.2) is 107 Å². The van der Waals surface area contributed by atoms with Crippen molar-refractivity contribution in [3.8, 4) is 22.3 Å². The number of amides is 5. The first-order chi connectivity index (χ1) is 52.1. The standard InChI is InChI=1S/C43H42N2O3S.C29H31N3O3S2.C14H21N3OS2/c46-41(44-34-23-11-4-12-24-34)40(45-42(47)48-29-39-37-27-15-13-25-35(37)36-26-14-16-28-38(36)39)30-49-43(31-17-5-1-6-18-31,32-19-7-2-8-20-32)33-21-9-3-10-22-33;33-28(31-20-10-2-1-3-11-20)26(19-36-37-27-16-8-9-17-30-27)32-29(34)35-18-25-23-14-6-4-12-21(23)22-13-5-7-15-24(22)25;15-12(10-19-20-13-8-4-5-9-16-13)14(18)17-11-6-2-1-3-7-11/h1-3,5-10,13-22,25-28,34,39-40H,4,11-12,23-24,29-30H2,(H,44,46)(H,45,47);4-9,12-17,20,25-26H,1-3,10-11,18-19H2,(H,31,33)(H,32,34);4-5,8-9,11-12H,1-3,6-7,10,15H2,(H,17,18)/t40-;26-;12-/m000/s1. The van der Waals surface area contributed by atoms with Gasteiger partial charge in [-0.2, -0.15) is 0 Å². The van der Waals surface area contributed by atoms with Gasteiger partial charge in [-0.1, -0.05) is 280 Å². The summed E-state index contributed by atoms with van der Waals surface area (Å²) in [6.45, 7) is 0.401. The number of nitrogens with two attached hydrogens (primary N) is 1. The van der Waals surface area contributed by atoms with Crippen molar-refractivity contribution in [3.63, 3.8) is 0 Å². The maximum Gasteiger partial charge on any atom is 0.407 e. The molecule has 0 spiro atoms. The molecule has 0 unspecified atom stereocenters. The van der Waals surface area contributed by atoms with Gasteiger partial charge in [0.1, 0.15) is 35.3 Å². The molecule has 15 nitrogen and oxygen atoms in total. The second-order valence-electron chi connectivity index (χ2n) is 27.3. The Morgan fingerprint density at radius 1 is 0.387 bits per heavy atom. The largest absolute Gasteiger partial charge is 0.449 e. The Morgan fingerprint density at radius 2 is 0.708 bits per heavy atom. The predicted octanol–water partition coefficient (Wildman–Crippen LogP) is 17.8. The van der Waals surface area contributed by atoms with Crippen LogP contribution in [0.25, 0.3) is 22.3 Å². The Morgan fingerprint density at radius 3 is 1.07 bits per heavy atom. The summed E-state index contributed by atoms with van der Waals surface area (Å²) >= 11 is 1.66. The Balaban J connectivity index is 0.000000162. The third-order valence-electron chi connectivity index (χ3n) is 20.1. The van der Waals surface area contributed by atoms with Crippen LogP contribution in [0.4, 0.5) is 9.59 Å². The molecule has 14 rings (SSSR count). The van der Waals surface area contributed by atoms with Crippen LogP contribution in [0, 0.1) is 0 Å². The molecule has 5 aliphatic carbocycles. The summed E-state index contributed by atoms with van der Waals surface area (Å²) in [4.78, 5) is 74.3. The number of pyridine rings is 2. The lowest BCUT2D eigenvalue weighted by Gasteiger charge is -2.36. The number of aromatic nitrogens is 2.